The van der Waals surface area contributed by atoms with E-state index in [9.17, 15) is 0 Å². The van der Waals surface area contributed by atoms with Crippen molar-refractivity contribution in [2.45, 2.75) is 0 Å². The first kappa shape index (κ1) is 25.3. The van der Waals surface area contributed by atoms with E-state index >= 15 is 0 Å². The van der Waals surface area contributed by atoms with Crippen molar-refractivity contribution in [3.8, 4) is 45.2 Å². The van der Waals surface area contributed by atoms with Gasteiger partial charge < -0.3 is 4.40 Å². The van der Waals surface area contributed by atoms with Gasteiger partial charge in [-0.15, -0.1) is 0 Å². The van der Waals surface area contributed by atoms with Gasteiger partial charge in [0.2, 0.25) is 0 Å². The fraction of sp³-hybridized carbons (Fsp3) is 0. The predicted octanol–water partition coefficient (Wildman–Crippen LogP) is 9.65. The molecule has 9 rings (SSSR count). The van der Waals surface area contributed by atoms with Crippen molar-refractivity contribution in [1.82, 2.24) is 24.3 Å². The molecule has 0 saturated heterocycles. The largest absolute Gasteiger partial charge is 0.306 e. The Labute approximate surface area is 259 Å². The van der Waals surface area contributed by atoms with Crippen LogP contribution in [0, 0.1) is 0 Å². The quantitative estimate of drug-likeness (QED) is 0.196. The Kier molecular flexibility index (Phi) is 5.74. The smallest absolute Gasteiger partial charge is 0.160 e. The molecular weight excluding hydrogens is 550 g/mol. The van der Waals surface area contributed by atoms with Gasteiger partial charge in [-0.2, -0.15) is 0 Å². The molecule has 45 heavy (non-hydrogen) atoms. The number of para-hydroxylation sites is 2. The van der Waals surface area contributed by atoms with Crippen molar-refractivity contribution < 1.29 is 0 Å². The highest BCUT2D eigenvalue weighted by molar-refractivity contribution is 6.16. The normalized spacial score (nSPS) is 11.6. The number of hydrogen-bond donors (Lipinski definition) is 0. The summed E-state index contributed by atoms with van der Waals surface area (Å²) in [6.45, 7) is 0. The van der Waals surface area contributed by atoms with E-state index in [0.29, 0.717) is 5.82 Å². The molecule has 4 aromatic heterocycles. The SMILES string of the molecule is c1ccc(-c2cn3ccc4c(-c5ccc(-c6nc(-c7ccccc7)c7ccccc7n6)cc5)nc5ccccc5c4c3n2)cc1. The third-order valence-corrected chi connectivity index (χ3v) is 8.42. The average molecular weight is 576 g/mol. The Bertz CT molecular complexity index is 2520. The van der Waals surface area contributed by atoms with Gasteiger partial charge in [0.25, 0.3) is 0 Å². The van der Waals surface area contributed by atoms with Crippen LogP contribution in [0.15, 0.2) is 152 Å². The lowest BCUT2D eigenvalue weighted by Crippen LogP contribution is -1.96. The molecule has 9 aromatic rings. The van der Waals surface area contributed by atoms with Crippen molar-refractivity contribution in [3.63, 3.8) is 0 Å². The van der Waals surface area contributed by atoms with E-state index in [4.69, 9.17) is 19.9 Å². The van der Waals surface area contributed by atoms with Gasteiger partial charge in [-0.05, 0) is 18.2 Å². The molecule has 0 aliphatic heterocycles. The summed E-state index contributed by atoms with van der Waals surface area (Å²) < 4.78 is 2.12. The Balaban J connectivity index is 1.20. The Hall–Kier alpha value is -6.20. The molecule has 0 aliphatic carbocycles. The van der Waals surface area contributed by atoms with Crippen LogP contribution in [0.2, 0.25) is 0 Å². The van der Waals surface area contributed by atoms with Gasteiger partial charge in [0.1, 0.15) is 5.65 Å². The molecule has 5 heteroatoms. The van der Waals surface area contributed by atoms with E-state index in [1.807, 2.05) is 60.7 Å². The number of benzene rings is 5. The van der Waals surface area contributed by atoms with Crippen LogP contribution in [0.3, 0.4) is 0 Å². The van der Waals surface area contributed by atoms with E-state index in [-0.39, 0.29) is 0 Å². The second-order valence-corrected chi connectivity index (χ2v) is 11.2. The van der Waals surface area contributed by atoms with Crippen molar-refractivity contribution in [2.75, 3.05) is 0 Å². The summed E-state index contributed by atoms with van der Waals surface area (Å²) in [5.41, 5.74) is 9.72. The van der Waals surface area contributed by atoms with Crippen molar-refractivity contribution in [1.29, 1.82) is 0 Å². The topological polar surface area (TPSA) is 56.0 Å². The monoisotopic (exact) mass is 575 g/mol. The summed E-state index contributed by atoms with van der Waals surface area (Å²) in [7, 11) is 0. The fourth-order valence-electron chi connectivity index (χ4n) is 6.24. The maximum atomic E-state index is 5.17. The number of pyridine rings is 2. The minimum atomic E-state index is 0.697. The van der Waals surface area contributed by atoms with Crippen molar-refractivity contribution in [3.05, 3.63) is 152 Å². The number of aromatic nitrogens is 5. The van der Waals surface area contributed by atoms with Gasteiger partial charge in [0.15, 0.2) is 5.82 Å². The zero-order valence-corrected chi connectivity index (χ0v) is 24.2. The Morgan fingerprint density at radius 2 is 0.978 bits per heavy atom. The van der Waals surface area contributed by atoms with E-state index < -0.39 is 0 Å². The molecule has 0 N–H and O–H groups in total. The highest BCUT2D eigenvalue weighted by Gasteiger charge is 2.17. The molecule has 210 valence electrons. The minimum Gasteiger partial charge on any atom is -0.306 e. The molecule has 0 radical (unpaired) electrons. The maximum absolute atomic E-state index is 5.17. The van der Waals surface area contributed by atoms with Crippen LogP contribution in [0.1, 0.15) is 0 Å². The maximum Gasteiger partial charge on any atom is 0.160 e. The van der Waals surface area contributed by atoms with E-state index in [1.54, 1.807) is 0 Å². The first-order valence-corrected chi connectivity index (χ1v) is 15.0. The number of rotatable bonds is 4. The van der Waals surface area contributed by atoms with Gasteiger partial charge in [-0.3, -0.25) is 0 Å². The second kappa shape index (κ2) is 10.2. The molecule has 0 aliphatic rings. The van der Waals surface area contributed by atoms with Crippen LogP contribution in [0.25, 0.3) is 83.4 Å². The van der Waals surface area contributed by atoms with Gasteiger partial charge in [-0.1, -0.05) is 121 Å². The summed E-state index contributed by atoms with van der Waals surface area (Å²) in [4.78, 5) is 20.3. The van der Waals surface area contributed by atoms with E-state index in [1.165, 1.54) is 0 Å². The van der Waals surface area contributed by atoms with E-state index in [0.717, 1.165) is 77.6 Å². The summed E-state index contributed by atoms with van der Waals surface area (Å²) in [6.07, 6.45) is 4.18. The van der Waals surface area contributed by atoms with Gasteiger partial charge >= 0.3 is 0 Å². The van der Waals surface area contributed by atoms with Crippen LogP contribution in [-0.4, -0.2) is 24.3 Å². The number of nitrogens with zero attached hydrogens (tertiary/aromatic N) is 5. The molecule has 0 spiro atoms. The summed E-state index contributed by atoms with van der Waals surface area (Å²) >= 11 is 0. The van der Waals surface area contributed by atoms with Crippen LogP contribution in [0.5, 0.6) is 0 Å². The first-order chi connectivity index (χ1) is 22.3. The molecule has 0 bridgehead atoms. The lowest BCUT2D eigenvalue weighted by atomic mass is 10.00. The van der Waals surface area contributed by atoms with Crippen LogP contribution in [-0.2, 0) is 0 Å². The molecule has 4 heterocycles. The highest BCUT2D eigenvalue weighted by atomic mass is 15.0. The predicted molar refractivity (Wildman–Crippen MR) is 183 cm³/mol. The number of fused-ring (bicyclic) bond motifs is 6. The molecule has 0 unspecified atom stereocenters. The zero-order valence-electron chi connectivity index (χ0n) is 24.2. The summed E-state index contributed by atoms with van der Waals surface area (Å²) in [5, 5.41) is 4.28. The summed E-state index contributed by atoms with van der Waals surface area (Å²) in [5.74, 6) is 0.697. The molecule has 0 amide bonds. The third-order valence-electron chi connectivity index (χ3n) is 8.42. The van der Waals surface area contributed by atoms with Gasteiger partial charge in [-0.25, -0.2) is 19.9 Å². The van der Waals surface area contributed by atoms with Crippen molar-refractivity contribution in [2.24, 2.45) is 0 Å². The average Bonchev–Trinajstić information content (AvgIpc) is 3.56. The molecule has 0 atom stereocenters. The number of imidazole rings is 1. The van der Waals surface area contributed by atoms with Gasteiger partial charge in [0, 0.05) is 56.2 Å². The minimum absolute atomic E-state index is 0.697. The van der Waals surface area contributed by atoms with Crippen LogP contribution >= 0.6 is 0 Å². The van der Waals surface area contributed by atoms with Gasteiger partial charge in [0.05, 0.1) is 28.1 Å². The van der Waals surface area contributed by atoms with E-state index in [2.05, 4.69) is 95.7 Å². The Morgan fingerprint density at radius 3 is 1.73 bits per heavy atom. The highest BCUT2D eigenvalue weighted by Crippen LogP contribution is 2.36. The van der Waals surface area contributed by atoms with Crippen LogP contribution < -0.4 is 0 Å². The fourth-order valence-corrected chi connectivity index (χ4v) is 6.24. The molecule has 0 saturated carbocycles. The molecule has 5 nitrogen and oxygen atoms in total. The summed E-state index contributed by atoms with van der Waals surface area (Å²) in [6, 6.07) is 47.7. The lowest BCUT2D eigenvalue weighted by molar-refractivity contribution is 1.20. The zero-order chi connectivity index (χ0) is 29.7. The number of hydrogen-bond acceptors (Lipinski definition) is 4. The Morgan fingerprint density at radius 1 is 0.400 bits per heavy atom. The molecular formula is C40H25N5. The standard InChI is InChI=1S/C40H25N5/c1-3-11-26(12-4-1)35-25-45-24-23-32-36(40(45)43-35)30-15-7-9-17-33(30)41-38(32)28-19-21-29(22-20-28)39-42-34-18-10-8-16-31(34)37(44-39)27-13-5-2-6-14-27/h1-25H. The van der Waals surface area contributed by atoms with Crippen molar-refractivity contribution >= 4 is 38.2 Å². The lowest BCUT2D eigenvalue weighted by Gasteiger charge is -2.12. The third kappa shape index (κ3) is 4.25. The first-order valence-electron chi connectivity index (χ1n) is 15.0. The van der Waals surface area contributed by atoms with Crippen LogP contribution in [0.4, 0.5) is 0 Å². The molecule has 0 fully saturated rings. The second-order valence-electron chi connectivity index (χ2n) is 11.2. The molecule has 5 aromatic carbocycles.